The lowest BCUT2D eigenvalue weighted by atomic mass is 9.70. The molecule has 15 heavy (non-hydrogen) atoms. The molecule has 3 unspecified atom stereocenters. The zero-order valence-corrected chi connectivity index (χ0v) is 9.20. The zero-order valence-electron chi connectivity index (χ0n) is 9.20. The van der Waals surface area contributed by atoms with Crippen molar-refractivity contribution in [3.05, 3.63) is 0 Å². The maximum absolute atomic E-state index is 11.8. The molecule has 4 nitrogen and oxygen atoms in total. The number of rotatable bonds is 1. The van der Waals surface area contributed by atoms with Gasteiger partial charge in [-0.3, -0.25) is 4.79 Å². The number of aliphatic hydroxyl groups is 1. The molecule has 0 aromatic rings. The molecule has 4 heteroatoms. The van der Waals surface area contributed by atoms with E-state index in [-0.39, 0.29) is 18.6 Å². The molecule has 0 radical (unpaired) electrons. The molecule has 84 valence electrons. The maximum Gasteiger partial charge on any atom is 0.336 e. The summed E-state index contributed by atoms with van der Waals surface area (Å²) in [7, 11) is 0. The molecular weight excluding hydrogens is 196 g/mol. The van der Waals surface area contributed by atoms with Crippen molar-refractivity contribution < 1.29 is 19.8 Å². The number of fused-ring (bicyclic) bond motifs is 2. The molecule has 3 atom stereocenters. The average Bonchev–Trinajstić information content (AvgIpc) is 2.34. The fourth-order valence-corrected chi connectivity index (χ4v) is 3.39. The van der Waals surface area contributed by atoms with Gasteiger partial charge in [0.25, 0.3) is 0 Å². The van der Waals surface area contributed by atoms with Gasteiger partial charge in [0.2, 0.25) is 0 Å². The van der Waals surface area contributed by atoms with Crippen molar-refractivity contribution in [3.8, 4) is 0 Å². The van der Waals surface area contributed by atoms with Gasteiger partial charge in [-0.15, -0.1) is 0 Å². The van der Waals surface area contributed by atoms with E-state index < -0.39 is 28.3 Å². The van der Waals surface area contributed by atoms with E-state index >= 15 is 0 Å². The Balaban J connectivity index is 2.54. The molecule has 0 amide bonds. The van der Waals surface area contributed by atoms with Crippen molar-refractivity contribution in [2.45, 2.75) is 39.2 Å². The van der Waals surface area contributed by atoms with Gasteiger partial charge < -0.3 is 10.2 Å². The molecule has 0 spiro atoms. The van der Waals surface area contributed by atoms with Crippen molar-refractivity contribution >= 4 is 11.8 Å². The van der Waals surface area contributed by atoms with E-state index in [1.807, 2.05) is 13.8 Å². The molecule has 0 aromatic heterocycles. The van der Waals surface area contributed by atoms with Gasteiger partial charge in [0.1, 0.15) is 5.78 Å². The summed E-state index contributed by atoms with van der Waals surface area (Å²) in [6.45, 7) is 5.53. The van der Waals surface area contributed by atoms with Gasteiger partial charge in [-0.25, -0.2) is 4.79 Å². The van der Waals surface area contributed by atoms with Crippen LogP contribution in [0.4, 0.5) is 0 Å². The Morgan fingerprint density at radius 2 is 1.93 bits per heavy atom. The Bertz CT molecular complexity index is 360. The highest BCUT2D eigenvalue weighted by Gasteiger charge is 2.73. The fourth-order valence-electron chi connectivity index (χ4n) is 3.39. The first kappa shape index (κ1) is 10.6. The molecule has 2 saturated carbocycles. The number of carbonyl (C=O) groups excluding carboxylic acids is 1. The van der Waals surface area contributed by atoms with Crippen LogP contribution in [0.1, 0.15) is 33.6 Å². The molecule has 0 aromatic carbocycles. The number of carboxylic acids is 1. The standard InChI is InChI=1S/C11H16O4/c1-9(2)6-4-7(12)10(9,3)5-11(6,15)8(13)14/h6,15H,4-5H2,1-3H3,(H,13,14). The second-order valence-electron chi connectivity index (χ2n) is 5.64. The average molecular weight is 212 g/mol. The summed E-state index contributed by atoms with van der Waals surface area (Å²) in [6, 6.07) is 0. The fraction of sp³-hybridized carbons (Fsp3) is 0.818. The van der Waals surface area contributed by atoms with Crippen LogP contribution in [0.5, 0.6) is 0 Å². The van der Waals surface area contributed by atoms with Crippen LogP contribution in [0, 0.1) is 16.7 Å². The lowest BCUT2D eigenvalue weighted by Crippen LogP contribution is -2.47. The summed E-state index contributed by atoms with van der Waals surface area (Å²) in [6.07, 6.45) is 0.234. The van der Waals surface area contributed by atoms with Gasteiger partial charge in [-0.1, -0.05) is 20.8 Å². The van der Waals surface area contributed by atoms with Crippen molar-refractivity contribution in [1.29, 1.82) is 0 Å². The van der Waals surface area contributed by atoms with E-state index in [4.69, 9.17) is 5.11 Å². The van der Waals surface area contributed by atoms with Crippen LogP contribution in [0.3, 0.4) is 0 Å². The Labute approximate surface area is 88.3 Å². The molecule has 2 fully saturated rings. The van der Waals surface area contributed by atoms with Crippen LogP contribution in [0.15, 0.2) is 0 Å². The summed E-state index contributed by atoms with van der Waals surface area (Å²) >= 11 is 0. The summed E-state index contributed by atoms with van der Waals surface area (Å²) < 4.78 is 0. The van der Waals surface area contributed by atoms with E-state index in [1.165, 1.54) is 0 Å². The van der Waals surface area contributed by atoms with Gasteiger partial charge in [0.05, 0.1) is 0 Å². The highest BCUT2D eigenvalue weighted by Crippen LogP contribution is 2.67. The normalized spacial score (nSPS) is 47.2. The molecule has 0 heterocycles. The van der Waals surface area contributed by atoms with Gasteiger partial charge in [0, 0.05) is 17.8 Å². The van der Waals surface area contributed by atoms with Crippen molar-refractivity contribution in [3.63, 3.8) is 0 Å². The first-order valence-electron chi connectivity index (χ1n) is 5.15. The Hall–Kier alpha value is -0.900. The molecule has 2 aliphatic carbocycles. The monoisotopic (exact) mass is 212 g/mol. The van der Waals surface area contributed by atoms with E-state index in [0.29, 0.717) is 0 Å². The predicted molar refractivity (Wildman–Crippen MR) is 52.2 cm³/mol. The molecule has 0 saturated heterocycles. The second kappa shape index (κ2) is 2.43. The first-order valence-corrected chi connectivity index (χ1v) is 5.15. The number of hydrogen-bond donors (Lipinski definition) is 2. The van der Waals surface area contributed by atoms with E-state index in [0.717, 1.165) is 0 Å². The summed E-state index contributed by atoms with van der Waals surface area (Å²) in [5.41, 5.74) is -2.84. The zero-order chi connectivity index (χ0) is 11.6. The van der Waals surface area contributed by atoms with Gasteiger partial charge in [-0.2, -0.15) is 0 Å². The second-order valence-corrected chi connectivity index (χ2v) is 5.64. The molecule has 2 aliphatic rings. The number of Topliss-reactive ketones (excluding diaryl/α,β-unsaturated/α-hetero) is 1. The minimum Gasteiger partial charge on any atom is -0.479 e. The van der Waals surface area contributed by atoms with Crippen LogP contribution < -0.4 is 0 Å². The van der Waals surface area contributed by atoms with Gasteiger partial charge in [-0.05, 0) is 11.8 Å². The third-order valence-electron chi connectivity index (χ3n) is 4.87. The molecule has 2 bridgehead atoms. The Morgan fingerprint density at radius 1 is 1.40 bits per heavy atom. The maximum atomic E-state index is 11.8. The van der Waals surface area contributed by atoms with Gasteiger partial charge in [0.15, 0.2) is 5.60 Å². The molecular formula is C11H16O4. The van der Waals surface area contributed by atoms with Crippen LogP contribution in [0.2, 0.25) is 0 Å². The SMILES string of the molecule is CC12CC(O)(C(=O)O)C(CC1=O)C2(C)C. The van der Waals surface area contributed by atoms with Crippen molar-refractivity contribution in [2.75, 3.05) is 0 Å². The lowest BCUT2D eigenvalue weighted by molar-refractivity contribution is -0.167. The van der Waals surface area contributed by atoms with E-state index in [1.54, 1.807) is 6.92 Å². The third kappa shape index (κ3) is 0.911. The highest BCUT2D eigenvalue weighted by atomic mass is 16.4. The number of aliphatic carboxylic acids is 1. The smallest absolute Gasteiger partial charge is 0.336 e. The first-order chi connectivity index (χ1) is 6.66. The number of hydrogen-bond acceptors (Lipinski definition) is 3. The lowest BCUT2D eigenvalue weighted by Gasteiger charge is -2.31. The number of carbonyl (C=O) groups is 2. The van der Waals surface area contributed by atoms with E-state index in [2.05, 4.69) is 0 Å². The largest absolute Gasteiger partial charge is 0.479 e. The van der Waals surface area contributed by atoms with Crippen LogP contribution in [-0.2, 0) is 9.59 Å². The Morgan fingerprint density at radius 3 is 2.20 bits per heavy atom. The minimum atomic E-state index is -1.72. The van der Waals surface area contributed by atoms with Crippen LogP contribution in [-0.4, -0.2) is 27.6 Å². The molecule has 2 N–H and O–H groups in total. The summed E-state index contributed by atoms with van der Waals surface area (Å²) in [5.74, 6) is -1.57. The third-order valence-corrected chi connectivity index (χ3v) is 4.87. The van der Waals surface area contributed by atoms with Gasteiger partial charge >= 0.3 is 5.97 Å². The quantitative estimate of drug-likeness (QED) is 0.675. The highest BCUT2D eigenvalue weighted by molar-refractivity contribution is 5.94. The number of carboxylic acid groups (broad SMARTS) is 1. The predicted octanol–water partition coefficient (Wildman–Crippen LogP) is 0.827. The summed E-state index contributed by atoms with van der Waals surface area (Å²) in [4.78, 5) is 22.9. The topological polar surface area (TPSA) is 74.6 Å². The van der Waals surface area contributed by atoms with Crippen LogP contribution >= 0.6 is 0 Å². The van der Waals surface area contributed by atoms with Crippen molar-refractivity contribution in [1.82, 2.24) is 0 Å². The van der Waals surface area contributed by atoms with E-state index in [9.17, 15) is 14.7 Å². The summed E-state index contributed by atoms with van der Waals surface area (Å²) in [5, 5.41) is 19.2. The molecule has 2 rings (SSSR count). The minimum absolute atomic E-state index is 0.0475. The van der Waals surface area contributed by atoms with Crippen molar-refractivity contribution in [2.24, 2.45) is 16.7 Å². The Kier molecular flexibility index (Phi) is 1.72. The van der Waals surface area contributed by atoms with Crippen LogP contribution in [0.25, 0.3) is 0 Å². The number of ketones is 1. The molecule has 0 aliphatic heterocycles.